The quantitative estimate of drug-likeness (QED) is 0.118. The number of fused-ring (bicyclic) bond motifs is 8. The van der Waals surface area contributed by atoms with Crippen molar-refractivity contribution >= 4 is 90.2 Å². The van der Waals surface area contributed by atoms with Crippen LogP contribution in [0.2, 0.25) is 0 Å². The molecule has 9 aromatic carbocycles. The molecule has 0 N–H and O–H groups in total. The Labute approximate surface area is 506 Å². The Morgan fingerprint density at radius 2 is 0.929 bits per heavy atom. The third kappa shape index (κ3) is 9.06. The minimum Gasteiger partial charge on any atom is -0.454 e. The number of para-hydroxylation sites is 4. The van der Waals surface area contributed by atoms with Crippen molar-refractivity contribution in [1.82, 2.24) is 4.57 Å². The normalized spacial score (nSPS) is 13.7. The van der Waals surface area contributed by atoms with Crippen LogP contribution in [0.15, 0.2) is 174 Å². The van der Waals surface area contributed by atoms with E-state index in [9.17, 15) is 0 Å². The number of nitrogens with zero attached hydrogens (tertiary/aromatic N) is 4. The molecule has 85 heavy (non-hydrogen) atoms. The minimum atomic E-state index is -0.0695. The van der Waals surface area contributed by atoms with Crippen molar-refractivity contribution in [2.75, 3.05) is 9.80 Å². The Bertz CT molecular complexity index is 4310. The van der Waals surface area contributed by atoms with Crippen LogP contribution >= 0.6 is 0 Å². The molecule has 2 aromatic heterocycles. The Hall–Kier alpha value is -8.09. The van der Waals surface area contributed by atoms with Gasteiger partial charge in [0.2, 0.25) is 0 Å². The highest BCUT2D eigenvalue weighted by Gasteiger charge is 2.45. The summed E-state index contributed by atoms with van der Waals surface area (Å²) in [7, 11) is 2.23. The zero-order chi connectivity index (χ0) is 60.1. The average molecular weight is 1120 g/mol. The topological polar surface area (TPSA) is 28.4 Å². The predicted octanol–water partition coefficient (Wildman–Crippen LogP) is 19.5. The molecule has 4 heterocycles. The molecule has 0 saturated heterocycles. The van der Waals surface area contributed by atoms with Crippen molar-refractivity contribution in [3.05, 3.63) is 209 Å². The Kier molecular flexibility index (Phi) is 13.0. The highest BCUT2D eigenvalue weighted by Crippen LogP contribution is 2.50. The first kappa shape index (κ1) is 56.1. The molecule has 0 bridgehead atoms. The second kappa shape index (κ2) is 19.7. The third-order valence-corrected chi connectivity index (χ3v) is 18.8. The second-order valence-corrected chi connectivity index (χ2v) is 29.4. The van der Waals surface area contributed by atoms with Gasteiger partial charge in [0, 0.05) is 61.6 Å². The van der Waals surface area contributed by atoms with Crippen LogP contribution in [0.5, 0.6) is 0 Å². The molecule has 0 amide bonds. The van der Waals surface area contributed by atoms with Gasteiger partial charge in [-0.15, -0.1) is 0 Å². The van der Waals surface area contributed by atoms with Crippen LogP contribution in [0, 0.1) is 6.92 Å². The van der Waals surface area contributed by atoms with E-state index in [0.29, 0.717) is 11.8 Å². The lowest BCUT2D eigenvalue weighted by Crippen LogP contribution is -2.61. The maximum atomic E-state index is 7.72. The molecule has 0 radical (unpaired) electrons. The Balaban J connectivity index is 1.13. The number of hydrogen-bond donors (Lipinski definition) is 0. The SMILES string of the molecule is Cc1ccc2c(oc3c(-c4cc5c6c(c4)N(c4ccc(C(C)(C)C)cc4)c4ccc(C(C)(C)C)cc4B6c4cc(C(C)(C)C)ccc4N5c4ccc(C(C)(C)C)cc4)cccc32)c1-c1n(-c2c(C(C)C)cccc2C(C)C)c2ccccc2[n+]1C. The summed E-state index contributed by atoms with van der Waals surface area (Å²) in [6.45, 7) is 39.4. The standard InChI is InChI=1S/C79H84BN4O/c1-47(2)57-23-21-24-58(48(3)4)72(57)84-67-28-20-19-27-66(67)81(18)75(84)70-49(5)29-40-61-60-26-22-25-59(73(60)85-74(61)70)50-43-68-71-69(44-50)83(56-38-32-52(33-39-56)77(9,10)11)65-42-35-54(79(15,16)17)46-63(65)80(71)62-45-53(78(12,13)14)34-41-64(62)82(68)55-36-30-51(31-37-55)76(6,7)8/h19-48H,1-18H3/q+1. The van der Waals surface area contributed by atoms with Crippen molar-refractivity contribution in [2.45, 2.75) is 151 Å². The fourth-order valence-electron chi connectivity index (χ4n) is 13.9. The smallest absolute Gasteiger partial charge is 0.299 e. The molecule has 6 heteroatoms. The highest BCUT2D eigenvalue weighted by atomic mass is 16.3. The summed E-state index contributed by atoms with van der Waals surface area (Å²) in [5.74, 6) is 1.71. The number of aromatic nitrogens is 2. The van der Waals surface area contributed by atoms with Gasteiger partial charge >= 0.3 is 0 Å². The summed E-state index contributed by atoms with van der Waals surface area (Å²) in [4.78, 5) is 5.15. The number of imidazole rings is 1. The monoisotopic (exact) mass is 1120 g/mol. The Morgan fingerprint density at radius 1 is 0.459 bits per heavy atom. The Morgan fingerprint density at radius 3 is 1.42 bits per heavy atom. The van der Waals surface area contributed by atoms with E-state index in [4.69, 9.17) is 4.42 Å². The molecular weight excluding hydrogens is 1030 g/mol. The number of hydrogen-bond acceptors (Lipinski definition) is 3. The molecule has 11 aromatic rings. The van der Waals surface area contributed by atoms with E-state index in [1.54, 1.807) is 0 Å². The molecule has 0 saturated carbocycles. The first-order chi connectivity index (χ1) is 40.2. The van der Waals surface area contributed by atoms with Crippen LogP contribution in [0.3, 0.4) is 0 Å². The summed E-state index contributed by atoms with van der Waals surface area (Å²) >= 11 is 0. The van der Waals surface area contributed by atoms with Crippen LogP contribution < -0.4 is 30.8 Å². The van der Waals surface area contributed by atoms with Crippen LogP contribution in [0.1, 0.15) is 162 Å². The van der Waals surface area contributed by atoms with Gasteiger partial charge < -0.3 is 14.2 Å². The predicted molar refractivity (Wildman–Crippen MR) is 364 cm³/mol. The van der Waals surface area contributed by atoms with E-state index < -0.39 is 0 Å². The molecule has 0 unspecified atom stereocenters. The van der Waals surface area contributed by atoms with Crippen molar-refractivity contribution in [2.24, 2.45) is 7.05 Å². The van der Waals surface area contributed by atoms with Crippen molar-refractivity contribution in [3.8, 4) is 28.2 Å². The van der Waals surface area contributed by atoms with Crippen molar-refractivity contribution < 1.29 is 8.98 Å². The third-order valence-electron chi connectivity index (χ3n) is 18.8. The average Bonchev–Trinajstić information content (AvgIpc) is 1.06. The maximum absolute atomic E-state index is 7.72. The van der Waals surface area contributed by atoms with Crippen LogP contribution in [0.25, 0.3) is 61.2 Å². The summed E-state index contributed by atoms with van der Waals surface area (Å²) in [6, 6.07) is 65.6. The van der Waals surface area contributed by atoms with Gasteiger partial charge in [-0.05, 0) is 151 Å². The van der Waals surface area contributed by atoms with E-state index in [1.807, 2.05) is 0 Å². The molecule has 2 aliphatic heterocycles. The number of rotatable bonds is 7. The molecule has 2 aliphatic rings. The molecule has 13 rings (SSSR count). The summed E-state index contributed by atoms with van der Waals surface area (Å²) in [6.07, 6.45) is 0. The largest absolute Gasteiger partial charge is 0.454 e. The zero-order valence-electron chi connectivity index (χ0n) is 53.6. The van der Waals surface area contributed by atoms with Gasteiger partial charge in [-0.1, -0.05) is 220 Å². The number of benzene rings is 9. The van der Waals surface area contributed by atoms with Crippen LogP contribution in [-0.4, -0.2) is 11.3 Å². The number of aryl methyl sites for hydroxylation is 2. The van der Waals surface area contributed by atoms with Gasteiger partial charge in [0.1, 0.15) is 16.8 Å². The zero-order valence-corrected chi connectivity index (χ0v) is 53.6. The van der Waals surface area contributed by atoms with E-state index in [1.165, 1.54) is 89.2 Å². The van der Waals surface area contributed by atoms with Crippen LogP contribution in [0.4, 0.5) is 34.1 Å². The number of anilines is 6. The first-order valence-corrected chi connectivity index (χ1v) is 31.1. The number of furan rings is 1. The minimum absolute atomic E-state index is 0.00511. The summed E-state index contributed by atoms with van der Waals surface area (Å²) in [5.41, 5.74) is 28.6. The molecule has 0 atom stereocenters. The van der Waals surface area contributed by atoms with E-state index in [0.717, 1.165) is 61.4 Å². The first-order valence-electron chi connectivity index (χ1n) is 31.1. The molecule has 5 nitrogen and oxygen atoms in total. The van der Waals surface area contributed by atoms with Crippen LogP contribution in [-0.2, 0) is 28.7 Å². The summed E-state index contributed by atoms with van der Waals surface area (Å²) in [5, 5.41) is 2.20. The lowest BCUT2D eigenvalue weighted by atomic mass is 9.33. The maximum Gasteiger partial charge on any atom is 0.299 e. The van der Waals surface area contributed by atoms with Gasteiger partial charge in [-0.25, -0.2) is 4.57 Å². The summed E-state index contributed by atoms with van der Waals surface area (Å²) < 4.78 is 12.7. The molecule has 0 aliphatic carbocycles. The van der Waals surface area contributed by atoms with Gasteiger partial charge in [0.05, 0.1) is 7.05 Å². The lowest BCUT2D eigenvalue weighted by Gasteiger charge is -2.45. The molecule has 428 valence electrons. The van der Waals surface area contributed by atoms with Gasteiger partial charge in [0.25, 0.3) is 12.5 Å². The second-order valence-electron chi connectivity index (χ2n) is 29.4. The van der Waals surface area contributed by atoms with Gasteiger partial charge in [0.15, 0.2) is 16.6 Å². The van der Waals surface area contributed by atoms with E-state index in [2.05, 4.69) is 314 Å². The molecular formula is C79H84BN4O+. The van der Waals surface area contributed by atoms with Crippen molar-refractivity contribution in [1.29, 1.82) is 0 Å². The van der Waals surface area contributed by atoms with Gasteiger partial charge in [-0.2, -0.15) is 4.57 Å². The van der Waals surface area contributed by atoms with Crippen molar-refractivity contribution in [3.63, 3.8) is 0 Å². The van der Waals surface area contributed by atoms with Gasteiger partial charge in [-0.3, -0.25) is 0 Å². The molecule has 0 fully saturated rings. The van der Waals surface area contributed by atoms with E-state index in [-0.39, 0.29) is 28.4 Å². The van der Waals surface area contributed by atoms with E-state index >= 15 is 0 Å². The lowest BCUT2D eigenvalue weighted by molar-refractivity contribution is -0.633. The molecule has 0 spiro atoms. The fraction of sp³-hybridized carbons (Fsp3) is 0.304. The fourth-order valence-corrected chi connectivity index (χ4v) is 13.9. The highest BCUT2D eigenvalue weighted by molar-refractivity contribution is 7.00.